The maximum absolute atomic E-state index is 13.3. The number of carbonyl (C=O) groups excluding carboxylic acids is 2. The van der Waals surface area contributed by atoms with Crippen LogP contribution in [-0.2, 0) is 9.59 Å². The second-order valence-corrected chi connectivity index (χ2v) is 6.30. The first kappa shape index (κ1) is 18.7. The van der Waals surface area contributed by atoms with Crippen molar-refractivity contribution in [1.29, 1.82) is 0 Å². The van der Waals surface area contributed by atoms with Gasteiger partial charge in [-0.3, -0.25) is 9.59 Å². The molecule has 0 spiro atoms. The van der Waals surface area contributed by atoms with Gasteiger partial charge >= 0.3 is 0 Å². The van der Waals surface area contributed by atoms with E-state index in [0.29, 0.717) is 18.0 Å². The molecule has 2 amide bonds. The van der Waals surface area contributed by atoms with E-state index >= 15 is 0 Å². The molecule has 6 nitrogen and oxygen atoms in total. The molecule has 1 atom stereocenters. The summed E-state index contributed by atoms with van der Waals surface area (Å²) in [5.41, 5.74) is 1.13. The van der Waals surface area contributed by atoms with Gasteiger partial charge in [0, 0.05) is 12.2 Å². The van der Waals surface area contributed by atoms with Crippen molar-refractivity contribution in [3.63, 3.8) is 0 Å². The minimum Gasteiger partial charge on any atom is -0.477 e. The molecule has 0 bridgehead atoms. The number of nitrogens with one attached hydrogen (secondary N) is 2. The molecule has 7 heteroatoms. The fourth-order valence-corrected chi connectivity index (χ4v) is 2.90. The van der Waals surface area contributed by atoms with E-state index in [1.54, 1.807) is 17.0 Å². The topological polar surface area (TPSA) is 70.7 Å². The molecule has 1 heterocycles. The van der Waals surface area contributed by atoms with Gasteiger partial charge in [0.05, 0.1) is 18.8 Å². The van der Waals surface area contributed by atoms with E-state index in [1.165, 1.54) is 18.2 Å². The number of rotatable bonds is 6. The molecule has 0 saturated heterocycles. The van der Waals surface area contributed by atoms with Gasteiger partial charge in [0.1, 0.15) is 11.6 Å². The largest absolute Gasteiger partial charge is 0.477 e. The van der Waals surface area contributed by atoms with Gasteiger partial charge in [-0.15, -0.1) is 0 Å². The molecule has 2 aromatic carbocycles. The Morgan fingerprint density at radius 2 is 2.04 bits per heavy atom. The van der Waals surface area contributed by atoms with E-state index in [-0.39, 0.29) is 24.9 Å². The molecular formula is C20H22FN3O3. The number of para-hydroxylation sites is 2. The molecule has 0 aliphatic carbocycles. The first-order chi connectivity index (χ1) is 13.1. The summed E-state index contributed by atoms with van der Waals surface area (Å²) in [5, 5.41) is 5.50. The van der Waals surface area contributed by atoms with Crippen molar-refractivity contribution < 1.29 is 18.7 Å². The number of hydrogen-bond donors (Lipinski definition) is 2. The van der Waals surface area contributed by atoms with Crippen molar-refractivity contribution in [2.75, 3.05) is 29.9 Å². The third-order valence-electron chi connectivity index (χ3n) is 4.15. The highest BCUT2D eigenvalue weighted by Crippen LogP contribution is 2.33. The van der Waals surface area contributed by atoms with Crippen LogP contribution in [0.3, 0.4) is 0 Å². The minimum atomic E-state index is -0.701. The average Bonchev–Trinajstić information content (AvgIpc) is 2.66. The SMILES string of the molecule is CCCNC(=O)C1CN(CC(=O)Nc2cccc(F)c2)c2ccccc2O1. The number of carbonyl (C=O) groups is 2. The summed E-state index contributed by atoms with van der Waals surface area (Å²) in [7, 11) is 0. The lowest BCUT2D eigenvalue weighted by molar-refractivity contribution is -0.128. The van der Waals surface area contributed by atoms with Gasteiger partial charge in [0.2, 0.25) is 5.91 Å². The number of amides is 2. The van der Waals surface area contributed by atoms with Crippen LogP contribution in [0, 0.1) is 5.82 Å². The van der Waals surface area contributed by atoms with Crippen LogP contribution in [0.2, 0.25) is 0 Å². The van der Waals surface area contributed by atoms with Crippen molar-refractivity contribution in [2.24, 2.45) is 0 Å². The van der Waals surface area contributed by atoms with Crippen LogP contribution in [0.25, 0.3) is 0 Å². The molecule has 1 aliphatic heterocycles. The van der Waals surface area contributed by atoms with Crippen molar-refractivity contribution in [1.82, 2.24) is 5.32 Å². The molecular weight excluding hydrogens is 349 g/mol. The van der Waals surface area contributed by atoms with Crippen LogP contribution < -0.4 is 20.3 Å². The van der Waals surface area contributed by atoms with E-state index in [4.69, 9.17) is 4.74 Å². The quantitative estimate of drug-likeness (QED) is 0.819. The fourth-order valence-electron chi connectivity index (χ4n) is 2.90. The Balaban J connectivity index is 1.72. The second-order valence-electron chi connectivity index (χ2n) is 6.30. The van der Waals surface area contributed by atoms with Crippen molar-refractivity contribution in [3.05, 3.63) is 54.3 Å². The Kier molecular flexibility index (Phi) is 5.90. The van der Waals surface area contributed by atoms with Crippen LogP contribution in [0.15, 0.2) is 48.5 Å². The van der Waals surface area contributed by atoms with Crippen LogP contribution in [-0.4, -0.2) is 37.6 Å². The highest BCUT2D eigenvalue weighted by molar-refractivity contribution is 5.95. The molecule has 2 N–H and O–H groups in total. The Morgan fingerprint density at radius 3 is 2.81 bits per heavy atom. The molecule has 1 aliphatic rings. The third kappa shape index (κ3) is 4.75. The Morgan fingerprint density at radius 1 is 1.22 bits per heavy atom. The number of ether oxygens (including phenoxy) is 1. The smallest absolute Gasteiger partial charge is 0.262 e. The molecule has 0 radical (unpaired) electrons. The van der Waals surface area contributed by atoms with Gasteiger partial charge in [-0.2, -0.15) is 0 Å². The summed E-state index contributed by atoms with van der Waals surface area (Å²) >= 11 is 0. The zero-order valence-electron chi connectivity index (χ0n) is 15.1. The monoisotopic (exact) mass is 371 g/mol. The molecule has 2 aromatic rings. The fraction of sp³-hybridized carbons (Fsp3) is 0.300. The Hall–Kier alpha value is -3.09. The average molecular weight is 371 g/mol. The first-order valence-corrected chi connectivity index (χ1v) is 8.90. The van der Waals surface area contributed by atoms with Crippen LogP contribution in [0.5, 0.6) is 5.75 Å². The van der Waals surface area contributed by atoms with Crippen molar-refractivity contribution >= 4 is 23.2 Å². The summed E-state index contributed by atoms with van der Waals surface area (Å²) in [6.07, 6.45) is 0.128. The van der Waals surface area contributed by atoms with Crippen molar-refractivity contribution in [2.45, 2.75) is 19.4 Å². The highest BCUT2D eigenvalue weighted by Gasteiger charge is 2.31. The van der Waals surface area contributed by atoms with Gasteiger partial charge < -0.3 is 20.3 Å². The lowest BCUT2D eigenvalue weighted by atomic mass is 10.1. The summed E-state index contributed by atoms with van der Waals surface area (Å²) in [6, 6.07) is 13.0. The van der Waals surface area contributed by atoms with Crippen LogP contribution in [0.4, 0.5) is 15.8 Å². The number of fused-ring (bicyclic) bond motifs is 1. The van der Waals surface area contributed by atoms with Gasteiger partial charge in [-0.25, -0.2) is 4.39 Å². The summed E-state index contributed by atoms with van der Waals surface area (Å²) in [6.45, 7) is 2.82. The normalized spacial score (nSPS) is 15.5. The van der Waals surface area contributed by atoms with Gasteiger partial charge in [0.15, 0.2) is 6.10 Å². The molecule has 142 valence electrons. The van der Waals surface area contributed by atoms with Gasteiger partial charge in [0.25, 0.3) is 5.91 Å². The van der Waals surface area contributed by atoms with Gasteiger partial charge in [-0.05, 0) is 36.8 Å². The number of halogens is 1. The minimum absolute atomic E-state index is 0.0223. The van der Waals surface area contributed by atoms with Gasteiger partial charge in [-0.1, -0.05) is 25.1 Å². The number of benzene rings is 2. The molecule has 3 rings (SSSR count). The zero-order valence-corrected chi connectivity index (χ0v) is 15.1. The maximum atomic E-state index is 13.3. The Bertz CT molecular complexity index is 828. The van der Waals surface area contributed by atoms with E-state index < -0.39 is 11.9 Å². The predicted molar refractivity (Wildman–Crippen MR) is 101 cm³/mol. The van der Waals surface area contributed by atoms with Crippen LogP contribution in [0.1, 0.15) is 13.3 Å². The third-order valence-corrected chi connectivity index (χ3v) is 4.15. The summed E-state index contributed by atoms with van der Waals surface area (Å²) < 4.78 is 19.1. The lowest BCUT2D eigenvalue weighted by Gasteiger charge is -2.35. The molecule has 1 unspecified atom stereocenters. The highest BCUT2D eigenvalue weighted by atomic mass is 19.1. The van der Waals surface area contributed by atoms with E-state index in [0.717, 1.165) is 12.1 Å². The van der Waals surface area contributed by atoms with Crippen molar-refractivity contribution in [3.8, 4) is 5.75 Å². The molecule has 0 aromatic heterocycles. The molecule has 27 heavy (non-hydrogen) atoms. The van der Waals surface area contributed by atoms with E-state index in [2.05, 4.69) is 10.6 Å². The predicted octanol–water partition coefficient (Wildman–Crippen LogP) is 2.56. The first-order valence-electron chi connectivity index (χ1n) is 8.90. The summed E-state index contributed by atoms with van der Waals surface area (Å²) in [4.78, 5) is 26.6. The number of nitrogens with zero attached hydrogens (tertiary/aromatic N) is 1. The van der Waals surface area contributed by atoms with E-state index in [1.807, 2.05) is 25.1 Å². The molecule has 0 saturated carbocycles. The maximum Gasteiger partial charge on any atom is 0.262 e. The lowest BCUT2D eigenvalue weighted by Crippen LogP contribution is -2.50. The Labute approximate surface area is 157 Å². The zero-order chi connectivity index (χ0) is 19.2. The van der Waals surface area contributed by atoms with Crippen LogP contribution >= 0.6 is 0 Å². The van der Waals surface area contributed by atoms with E-state index in [9.17, 15) is 14.0 Å². The molecule has 0 fully saturated rings. The summed E-state index contributed by atoms with van der Waals surface area (Å²) in [5.74, 6) is -0.372. The number of hydrogen-bond acceptors (Lipinski definition) is 4. The second kappa shape index (κ2) is 8.53. The standard InChI is InChI=1S/C20H22FN3O3/c1-2-10-22-20(26)18-12-24(16-8-3-4-9-17(16)27-18)13-19(25)23-15-7-5-6-14(21)11-15/h3-9,11,18H,2,10,12-13H2,1H3,(H,22,26)(H,23,25). The number of anilines is 2.